The summed E-state index contributed by atoms with van der Waals surface area (Å²) in [6.07, 6.45) is 1.69. The first-order valence-electron chi connectivity index (χ1n) is 4.86. The summed E-state index contributed by atoms with van der Waals surface area (Å²) in [4.78, 5) is 13.5. The summed E-state index contributed by atoms with van der Waals surface area (Å²) in [7, 11) is 0. The second kappa shape index (κ2) is 4.24. The van der Waals surface area contributed by atoms with Crippen LogP contribution >= 0.6 is 0 Å². The number of H-pyrrole nitrogens is 1. The first-order valence-corrected chi connectivity index (χ1v) is 4.86. The van der Waals surface area contributed by atoms with Gasteiger partial charge in [-0.15, -0.1) is 0 Å². The molecule has 5 heteroatoms. The van der Waals surface area contributed by atoms with Crippen LogP contribution < -0.4 is 10.5 Å². The van der Waals surface area contributed by atoms with Gasteiger partial charge in [0.25, 0.3) is 0 Å². The van der Waals surface area contributed by atoms with E-state index in [9.17, 15) is 4.79 Å². The van der Waals surface area contributed by atoms with E-state index in [1.807, 2.05) is 24.3 Å². The van der Waals surface area contributed by atoms with Gasteiger partial charge < -0.3 is 20.6 Å². The molecular weight excluding hydrogens is 208 g/mol. The Morgan fingerprint density at radius 1 is 1.50 bits per heavy atom. The highest BCUT2D eigenvalue weighted by Crippen LogP contribution is 2.24. The van der Waals surface area contributed by atoms with Gasteiger partial charge in [0.15, 0.2) is 0 Å². The van der Waals surface area contributed by atoms with Crippen molar-refractivity contribution in [2.45, 2.75) is 6.04 Å². The van der Waals surface area contributed by atoms with E-state index >= 15 is 0 Å². The fraction of sp³-hybridized carbons (Fsp3) is 0.182. The van der Waals surface area contributed by atoms with Crippen molar-refractivity contribution in [2.24, 2.45) is 5.73 Å². The van der Waals surface area contributed by atoms with E-state index in [0.717, 1.165) is 10.9 Å². The minimum atomic E-state index is -1.07. The van der Waals surface area contributed by atoms with Gasteiger partial charge >= 0.3 is 5.97 Å². The van der Waals surface area contributed by atoms with Crippen molar-refractivity contribution in [1.29, 1.82) is 0 Å². The molecule has 84 valence electrons. The maximum absolute atomic E-state index is 10.5. The maximum atomic E-state index is 10.5. The van der Waals surface area contributed by atoms with Gasteiger partial charge in [0, 0.05) is 17.1 Å². The van der Waals surface area contributed by atoms with Crippen LogP contribution in [-0.4, -0.2) is 28.7 Å². The van der Waals surface area contributed by atoms with E-state index in [4.69, 9.17) is 15.6 Å². The van der Waals surface area contributed by atoms with E-state index in [1.165, 1.54) is 0 Å². The highest BCUT2D eigenvalue weighted by Gasteiger charge is 2.13. The molecule has 16 heavy (non-hydrogen) atoms. The van der Waals surface area contributed by atoms with Crippen molar-refractivity contribution in [2.75, 3.05) is 6.61 Å². The Balaban J connectivity index is 2.13. The molecule has 0 unspecified atom stereocenters. The number of aromatic amines is 1. The van der Waals surface area contributed by atoms with Crippen LogP contribution in [0.1, 0.15) is 0 Å². The zero-order valence-corrected chi connectivity index (χ0v) is 8.51. The molecule has 2 rings (SSSR count). The second-order valence-electron chi connectivity index (χ2n) is 3.45. The predicted octanol–water partition coefficient (Wildman–Crippen LogP) is 0.959. The Morgan fingerprint density at radius 3 is 3.00 bits per heavy atom. The molecule has 1 aromatic heterocycles. The molecule has 1 atom stereocenters. The molecule has 1 aromatic carbocycles. The highest BCUT2D eigenvalue weighted by molar-refractivity contribution is 5.86. The SMILES string of the molecule is N[C@@H](COc1c[nH]c2ccccc12)C(=O)O. The summed E-state index contributed by atoms with van der Waals surface area (Å²) in [6, 6.07) is 6.60. The van der Waals surface area contributed by atoms with Crippen molar-refractivity contribution in [1.82, 2.24) is 4.98 Å². The van der Waals surface area contributed by atoms with Gasteiger partial charge in [0.2, 0.25) is 0 Å². The van der Waals surface area contributed by atoms with Gasteiger partial charge in [-0.25, -0.2) is 0 Å². The number of benzene rings is 1. The zero-order chi connectivity index (χ0) is 11.5. The topological polar surface area (TPSA) is 88.3 Å². The lowest BCUT2D eigenvalue weighted by atomic mass is 10.2. The van der Waals surface area contributed by atoms with Crippen LogP contribution in [0.2, 0.25) is 0 Å². The van der Waals surface area contributed by atoms with Crippen LogP contribution in [0.15, 0.2) is 30.5 Å². The standard InChI is InChI=1S/C11H12N2O3/c12-8(11(14)15)6-16-10-5-13-9-4-2-1-3-7(9)10/h1-5,8,13H,6,12H2,(H,14,15)/t8-/m0/s1. The molecular formula is C11H12N2O3. The van der Waals surface area contributed by atoms with Crippen molar-refractivity contribution in [3.8, 4) is 5.75 Å². The molecule has 0 fully saturated rings. The van der Waals surface area contributed by atoms with Crippen LogP contribution in [0.25, 0.3) is 10.9 Å². The number of aromatic nitrogens is 1. The summed E-state index contributed by atoms with van der Waals surface area (Å²) in [6.45, 7) is -0.0445. The normalized spacial score (nSPS) is 12.6. The Bertz CT molecular complexity index is 507. The minimum absolute atomic E-state index is 0.0445. The van der Waals surface area contributed by atoms with Crippen LogP contribution in [-0.2, 0) is 4.79 Å². The average Bonchev–Trinajstić information content (AvgIpc) is 2.69. The molecule has 0 aliphatic rings. The van der Waals surface area contributed by atoms with E-state index < -0.39 is 12.0 Å². The third-order valence-corrected chi connectivity index (χ3v) is 2.29. The molecule has 0 aliphatic carbocycles. The molecule has 0 radical (unpaired) electrons. The van der Waals surface area contributed by atoms with Gasteiger partial charge in [0.05, 0.1) is 0 Å². The van der Waals surface area contributed by atoms with E-state index in [-0.39, 0.29) is 6.61 Å². The second-order valence-corrected chi connectivity index (χ2v) is 3.45. The molecule has 0 saturated carbocycles. The smallest absolute Gasteiger partial charge is 0.324 e. The summed E-state index contributed by atoms with van der Waals surface area (Å²) in [5.74, 6) is -0.452. The fourth-order valence-electron chi connectivity index (χ4n) is 1.42. The molecule has 0 bridgehead atoms. The molecule has 5 nitrogen and oxygen atoms in total. The number of rotatable bonds is 4. The van der Waals surface area contributed by atoms with Gasteiger partial charge in [-0.3, -0.25) is 4.79 Å². The number of para-hydroxylation sites is 1. The first-order chi connectivity index (χ1) is 7.68. The molecule has 2 aromatic rings. The Kier molecular flexibility index (Phi) is 2.78. The van der Waals surface area contributed by atoms with E-state index in [1.54, 1.807) is 6.20 Å². The third kappa shape index (κ3) is 1.99. The van der Waals surface area contributed by atoms with E-state index in [2.05, 4.69) is 4.98 Å². The number of hydrogen-bond donors (Lipinski definition) is 3. The lowest BCUT2D eigenvalue weighted by Crippen LogP contribution is -2.36. The van der Waals surface area contributed by atoms with Gasteiger partial charge in [0.1, 0.15) is 18.4 Å². The molecule has 4 N–H and O–H groups in total. The highest BCUT2D eigenvalue weighted by atomic mass is 16.5. The number of aliphatic carboxylic acids is 1. The Morgan fingerprint density at radius 2 is 2.25 bits per heavy atom. The number of nitrogens with two attached hydrogens (primary N) is 1. The average molecular weight is 220 g/mol. The van der Waals surface area contributed by atoms with Gasteiger partial charge in [-0.1, -0.05) is 12.1 Å². The summed E-state index contributed by atoms with van der Waals surface area (Å²) < 4.78 is 5.35. The van der Waals surface area contributed by atoms with Gasteiger partial charge in [-0.2, -0.15) is 0 Å². The predicted molar refractivity (Wildman–Crippen MR) is 59.4 cm³/mol. The number of hydrogen-bond acceptors (Lipinski definition) is 3. The molecule has 0 saturated heterocycles. The quantitative estimate of drug-likeness (QED) is 0.716. The third-order valence-electron chi connectivity index (χ3n) is 2.29. The Labute approximate surface area is 91.8 Å². The van der Waals surface area contributed by atoms with Crippen LogP contribution in [0, 0.1) is 0 Å². The first kappa shape index (κ1) is 10.5. The largest absolute Gasteiger partial charge is 0.489 e. The maximum Gasteiger partial charge on any atom is 0.324 e. The molecule has 0 amide bonds. The number of carboxylic acid groups (broad SMARTS) is 1. The summed E-state index contributed by atoms with van der Waals surface area (Å²) in [5.41, 5.74) is 6.29. The number of nitrogens with one attached hydrogen (secondary N) is 1. The summed E-state index contributed by atoms with van der Waals surface area (Å²) >= 11 is 0. The number of carboxylic acids is 1. The van der Waals surface area contributed by atoms with Crippen molar-refractivity contribution >= 4 is 16.9 Å². The lowest BCUT2D eigenvalue weighted by Gasteiger charge is -2.07. The fourth-order valence-corrected chi connectivity index (χ4v) is 1.42. The van der Waals surface area contributed by atoms with E-state index in [0.29, 0.717) is 5.75 Å². The molecule has 0 spiro atoms. The zero-order valence-electron chi connectivity index (χ0n) is 8.51. The number of carbonyl (C=O) groups is 1. The Hall–Kier alpha value is -2.01. The van der Waals surface area contributed by atoms with Gasteiger partial charge in [-0.05, 0) is 12.1 Å². The van der Waals surface area contributed by atoms with Crippen molar-refractivity contribution in [3.63, 3.8) is 0 Å². The lowest BCUT2D eigenvalue weighted by molar-refractivity contribution is -0.139. The molecule has 0 aliphatic heterocycles. The van der Waals surface area contributed by atoms with Crippen LogP contribution in [0.3, 0.4) is 0 Å². The summed E-state index contributed by atoms with van der Waals surface area (Å²) in [5, 5.41) is 9.53. The minimum Gasteiger partial charge on any atom is -0.489 e. The van der Waals surface area contributed by atoms with Crippen LogP contribution in [0.4, 0.5) is 0 Å². The van der Waals surface area contributed by atoms with Crippen molar-refractivity contribution < 1.29 is 14.6 Å². The number of ether oxygens (including phenoxy) is 1. The van der Waals surface area contributed by atoms with Crippen LogP contribution in [0.5, 0.6) is 5.75 Å². The monoisotopic (exact) mass is 220 g/mol. The number of fused-ring (bicyclic) bond motifs is 1. The van der Waals surface area contributed by atoms with Crippen molar-refractivity contribution in [3.05, 3.63) is 30.5 Å². The molecule has 1 heterocycles.